The van der Waals surface area contributed by atoms with E-state index >= 15 is 0 Å². The summed E-state index contributed by atoms with van der Waals surface area (Å²) in [6.07, 6.45) is 1.12. The lowest BCUT2D eigenvalue weighted by Crippen LogP contribution is -2.49. The Kier molecular flexibility index (Phi) is 7.11. The summed E-state index contributed by atoms with van der Waals surface area (Å²) in [6.45, 7) is 6.61. The second-order valence-corrected chi connectivity index (χ2v) is 6.49. The van der Waals surface area contributed by atoms with Crippen LogP contribution < -0.4 is 5.32 Å². The van der Waals surface area contributed by atoms with Gasteiger partial charge in [-0.2, -0.15) is 0 Å². The molecule has 1 atom stereocenters. The van der Waals surface area contributed by atoms with E-state index in [0.717, 1.165) is 6.54 Å². The van der Waals surface area contributed by atoms with Crippen molar-refractivity contribution in [1.82, 2.24) is 15.1 Å². The van der Waals surface area contributed by atoms with Crippen molar-refractivity contribution in [2.75, 3.05) is 40.3 Å². The fourth-order valence-corrected chi connectivity index (χ4v) is 2.61. The van der Waals surface area contributed by atoms with Gasteiger partial charge in [-0.3, -0.25) is 9.59 Å². The lowest BCUT2D eigenvalue weighted by atomic mass is 9.97. The Morgan fingerprint density at radius 3 is 2.29 bits per heavy atom. The zero-order chi connectivity index (χ0) is 16.0. The molecule has 0 aliphatic carbocycles. The third-order valence-corrected chi connectivity index (χ3v) is 4.08. The van der Waals surface area contributed by atoms with Gasteiger partial charge in [-0.25, -0.2) is 0 Å². The number of carbonyl (C=O) groups is 2. The molecule has 1 aliphatic heterocycles. The fraction of sp³-hybridized carbons (Fsp3) is 0.867. The summed E-state index contributed by atoms with van der Waals surface area (Å²) in [4.78, 5) is 27.0. The maximum Gasteiger partial charge on any atom is 0.306 e. The van der Waals surface area contributed by atoms with E-state index < -0.39 is 5.97 Å². The topological polar surface area (TPSA) is 72.9 Å². The Morgan fingerprint density at radius 2 is 1.86 bits per heavy atom. The summed E-state index contributed by atoms with van der Waals surface area (Å²) in [5.74, 6) is -0.508. The standard InChI is InChI=1S/C15H29N3O3/c1-11(2)13(10-17(3)4)16-9-14(19)18-7-5-12(6-8-18)15(20)21/h11-13,16H,5-10H2,1-4H3,(H,20,21). The third-order valence-electron chi connectivity index (χ3n) is 4.08. The molecule has 6 nitrogen and oxygen atoms in total. The molecule has 1 amide bonds. The van der Waals surface area contributed by atoms with Gasteiger partial charge < -0.3 is 20.2 Å². The van der Waals surface area contributed by atoms with Crippen LogP contribution in [-0.2, 0) is 9.59 Å². The van der Waals surface area contributed by atoms with E-state index in [0.29, 0.717) is 38.4 Å². The molecule has 2 N–H and O–H groups in total. The number of hydrogen-bond donors (Lipinski definition) is 2. The number of carbonyl (C=O) groups excluding carboxylic acids is 1. The highest BCUT2D eigenvalue weighted by Crippen LogP contribution is 2.17. The van der Waals surface area contributed by atoms with Gasteiger partial charge in [0.05, 0.1) is 12.5 Å². The molecule has 6 heteroatoms. The van der Waals surface area contributed by atoms with Crippen LogP contribution in [0.2, 0.25) is 0 Å². The molecule has 0 saturated carbocycles. The Morgan fingerprint density at radius 1 is 1.29 bits per heavy atom. The van der Waals surface area contributed by atoms with Gasteiger partial charge in [-0.05, 0) is 32.9 Å². The minimum absolute atomic E-state index is 0.0724. The van der Waals surface area contributed by atoms with Gasteiger partial charge in [0.25, 0.3) is 0 Å². The molecular formula is C15H29N3O3. The number of aliphatic carboxylic acids is 1. The summed E-state index contributed by atoms with van der Waals surface area (Å²) in [7, 11) is 4.05. The van der Waals surface area contributed by atoms with E-state index in [1.165, 1.54) is 0 Å². The predicted octanol–water partition coefficient (Wildman–Crippen LogP) is 0.485. The highest BCUT2D eigenvalue weighted by molar-refractivity contribution is 5.79. The lowest BCUT2D eigenvalue weighted by Gasteiger charge is -2.31. The quantitative estimate of drug-likeness (QED) is 0.715. The largest absolute Gasteiger partial charge is 0.481 e. The smallest absolute Gasteiger partial charge is 0.306 e. The van der Waals surface area contributed by atoms with Crippen LogP contribution in [0, 0.1) is 11.8 Å². The number of likely N-dealkylation sites (tertiary alicyclic amines) is 1. The van der Waals surface area contributed by atoms with Gasteiger partial charge in [0.1, 0.15) is 0 Å². The Hall–Kier alpha value is -1.14. The van der Waals surface area contributed by atoms with Crippen LogP contribution in [0.3, 0.4) is 0 Å². The minimum atomic E-state index is -0.744. The van der Waals surface area contributed by atoms with Crippen molar-refractivity contribution in [2.45, 2.75) is 32.7 Å². The molecule has 21 heavy (non-hydrogen) atoms. The molecule has 1 fully saturated rings. The molecule has 0 aromatic heterocycles. The van der Waals surface area contributed by atoms with E-state index in [2.05, 4.69) is 24.1 Å². The van der Waals surface area contributed by atoms with Crippen LogP contribution in [0.4, 0.5) is 0 Å². The Bertz CT molecular complexity index is 350. The zero-order valence-electron chi connectivity index (χ0n) is 13.6. The van der Waals surface area contributed by atoms with Crippen LogP contribution in [0.1, 0.15) is 26.7 Å². The lowest BCUT2D eigenvalue weighted by molar-refractivity contribution is -0.145. The van der Waals surface area contributed by atoms with Gasteiger partial charge in [0.15, 0.2) is 0 Å². The van der Waals surface area contributed by atoms with E-state index in [1.54, 1.807) is 4.90 Å². The molecule has 1 saturated heterocycles. The number of carboxylic acid groups (broad SMARTS) is 1. The molecule has 1 unspecified atom stereocenters. The van der Waals surface area contributed by atoms with Crippen molar-refractivity contribution in [2.24, 2.45) is 11.8 Å². The first kappa shape index (κ1) is 17.9. The van der Waals surface area contributed by atoms with E-state index in [9.17, 15) is 9.59 Å². The monoisotopic (exact) mass is 299 g/mol. The predicted molar refractivity (Wildman–Crippen MR) is 82.1 cm³/mol. The summed E-state index contributed by atoms with van der Waals surface area (Å²) in [6, 6.07) is 0.278. The average Bonchev–Trinajstić information content (AvgIpc) is 2.42. The molecule has 0 spiro atoms. The van der Waals surface area contributed by atoms with Gasteiger partial charge in [0.2, 0.25) is 5.91 Å². The first-order chi connectivity index (χ1) is 9.81. The van der Waals surface area contributed by atoms with Crippen molar-refractivity contribution < 1.29 is 14.7 Å². The number of likely N-dealkylation sites (N-methyl/N-ethyl adjacent to an activating group) is 1. The van der Waals surface area contributed by atoms with Crippen LogP contribution in [0.5, 0.6) is 0 Å². The highest BCUT2D eigenvalue weighted by Gasteiger charge is 2.27. The SMILES string of the molecule is CC(C)C(CN(C)C)NCC(=O)N1CCC(C(=O)O)CC1. The second kappa shape index (κ2) is 8.34. The molecular weight excluding hydrogens is 270 g/mol. The van der Waals surface area contributed by atoms with Crippen LogP contribution in [0.25, 0.3) is 0 Å². The molecule has 1 heterocycles. The molecule has 0 radical (unpaired) electrons. The molecule has 0 bridgehead atoms. The van der Waals surface area contributed by atoms with Crippen LogP contribution >= 0.6 is 0 Å². The van der Waals surface area contributed by atoms with E-state index in [-0.39, 0.29) is 17.9 Å². The number of nitrogens with zero attached hydrogens (tertiary/aromatic N) is 2. The Labute approximate surface area is 127 Å². The highest BCUT2D eigenvalue weighted by atomic mass is 16.4. The van der Waals surface area contributed by atoms with Crippen molar-refractivity contribution >= 4 is 11.9 Å². The second-order valence-electron chi connectivity index (χ2n) is 6.49. The Balaban J connectivity index is 2.38. The first-order valence-electron chi connectivity index (χ1n) is 7.70. The fourth-order valence-electron chi connectivity index (χ4n) is 2.61. The number of rotatable bonds is 7. The van der Waals surface area contributed by atoms with E-state index in [1.807, 2.05) is 14.1 Å². The molecule has 1 aliphatic rings. The third kappa shape index (κ3) is 6.01. The summed E-state index contributed by atoms with van der Waals surface area (Å²) in [5.41, 5.74) is 0. The number of carboxylic acids is 1. The van der Waals surface area contributed by atoms with E-state index in [4.69, 9.17) is 5.11 Å². The number of amides is 1. The number of hydrogen-bond acceptors (Lipinski definition) is 4. The average molecular weight is 299 g/mol. The van der Waals surface area contributed by atoms with Crippen LogP contribution in [-0.4, -0.2) is 73.1 Å². The molecule has 0 aromatic carbocycles. The van der Waals surface area contributed by atoms with Gasteiger partial charge in [-0.1, -0.05) is 13.8 Å². The van der Waals surface area contributed by atoms with Crippen molar-refractivity contribution in [3.8, 4) is 0 Å². The van der Waals surface area contributed by atoms with Crippen molar-refractivity contribution in [1.29, 1.82) is 0 Å². The summed E-state index contributed by atoms with van der Waals surface area (Å²) >= 11 is 0. The van der Waals surface area contributed by atoms with Crippen LogP contribution in [0.15, 0.2) is 0 Å². The summed E-state index contributed by atoms with van der Waals surface area (Å²) < 4.78 is 0. The molecule has 1 rings (SSSR count). The zero-order valence-corrected chi connectivity index (χ0v) is 13.6. The van der Waals surface area contributed by atoms with Gasteiger partial charge >= 0.3 is 5.97 Å². The molecule has 122 valence electrons. The van der Waals surface area contributed by atoms with Crippen molar-refractivity contribution in [3.63, 3.8) is 0 Å². The molecule has 0 aromatic rings. The maximum absolute atomic E-state index is 12.2. The first-order valence-corrected chi connectivity index (χ1v) is 7.70. The number of nitrogens with one attached hydrogen (secondary N) is 1. The summed E-state index contributed by atoms with van der Waals surface area (Å²) in [5, 5.41) is 12.3. The minimum Gasteiger partial charge on any atom is -0.481 e. The van der Waals surface area contributed by atoms with Gasteiger partial charge in [0, 0.05) is 25.7 Å². The maximum atomic E-state index is 12.2. The van der Waals surface area contributed by atoms with Crippen molar-refractivity contribution in [3.05, 3.63) is 0 Å². The number of piperidine rings is 1. The van der Waals surface area contributed by atoms with Gasteiger partial charge in [-0.15, -0.1) is 0 Å². The normalized spacial score (nSPS) is 18.3.